The molecule has 0 saturated heterocycles. The summed E-state index contributed by atoms with van der Waals surface area (Å²) in [5.74, 6) is -0.614. The Balaban J connectivity index is 0.000000148. The molecular formula is C115H124F2N16O6. The van der Waals surface area contributed by atoms with Gasteiger partial charge >= 0.3 is 0 Å². The van der Waals surface area contributed by atoms with Crippen LogP contribution in [0.5, 0.6) is 11.5 Å². The van der Waals surface area contributed by atoms with Crippen molar-refractivity contribution in [3.63, 3.8) is 0 Å². The highest BCUT2D eigenvalue weighted by atomic mass is 19.1. The quantitative estimate of drug-likeness (QED) is 0.0176. The van der Waals surface area contributed by atoms with E-state index in [2.05, 4.69) is 148 Å². The van der Waals surface area contributed by atoms with Gasteiger partial charge in [-0.2, -0.15) is 0 Å². The normalized spacial score (nSPS) is 12.0. The third-order valence-electron chi connectivity index (χ3n) is 24.4. The first-order chi connectivity index (χ1) is 67.4. The molecule has 0 aliphatic heterocycles. The Labute approximate surface area is 809 Å². The Morgan fingerprint density at radius 3 is 0.942 bits per heavy atom. The van der Waals surface area contributed by atoms with Crippen LogP contribution in [0.1, 0.15) is 121 Å². The van der Waals surface area contributed by atoms with Gasteiger partial charge in [-0.1, -0.05) is 222 Å². The van der Waals surface area contributed by atoms with E-state index >= 15 is 0 Å². The summed E-state index contributed by atoms with van der Waals surface area (Å²) in [5, 5.41) is 25.7. The SMILES string of the molecule is Cc1cc(C)cc(-c2ccc3[nH]c(C(=O)NC[C@@H](N)CCCN)c(-c4cc(C)cc(C)c4)c3c2)c1.NCCC[C@H](N)CNC(=O)c1[nH]c2ccc(-c3ccc(F)cc3)cc2c1-c1cccc(O)c1.NCCC[C@H](N)CNC(=O)c1[nH]c2ccc(-c3ccc(F)cc3)cc2c1-c1cccc(OCc2ccccc2)c1.NCCC[C@H](N)CNC(=O)c1[nH]c2ccc(-c3ccccc3)cc2c1-c1ccccc1. The number of aromatic nitrogens is 4. The fraction of sp³-hybridized carbons (Fsp3) is 0.217. The van der Waals surface area contributed by atoms with Crippen LogP contribution in [0.25, 0.3) is 133 Å². The number of carbonyl (C=O) groups excluding carboxylic acids is 4. The van der Waals surface area contributed by atoms with Crippen molar-refractivity contribution in [2.24, 2.45) is 45.9 Å². The minimum atomic E-state index is -0.300. The molecule has 0 saturated carbocycles. The van der Waals surface area contributed by atoms with E-state index in [0.29, 0.717) is 98.6 Å². The molecule has 0 radical (unpaired) electrons. The average molecular weight is 1860 g/mol. The van der Waals surface area contributed by atoms with Gasteiger partial charge in [-0.05, 0) is 275 Å². The number of nitrogens with two attached hydrogens (primary N) is 8. The lowest BCUT2D eigenvalue weighted by Gasteiger charge is -2.13. The molecule has 0 fully saturated rings. The summed E-state index contributed by atoms with van der Waals surface area (Å²) in [6.45, 7) is 12.7. The van der Waals surface area contributed by atoms with Crippen LogP contribution >= 0.6 is 0 Å². The number of phenolic OH excluding ortho intramolecular Hbond substituents is 1. The summed E-state index contributed by atoms with van der Waals surface area (Å²) in [4.78, 5) is 66.4. The van der Waals surface area contributed by atoms with Gasteiger partial charge in [0.15, 0.2) is 0 Å². The highest BCUT2D eigenvalue weighted by Gasteiger charge is 2.27. The number of ether oxygens (including phenoxy) is 1. The molecule has 0 unspecified atom stereocenters. The molecular weight excluding hydrogens is 1740 g/mol. The molecule has 17 rings (SSSR count). The molecule has 24 heteroatoms. The van der Waals surface area contributed by atoms with Crippen LogP contribution in [-0.2, 0) is 6.61 Å². The Bertz CT molecular complexity index is 7000. The second-order valence-electron chi connectivity index (χ2n) is 35.5. The maximum atomic E-state index is 13.6. The predicted octanol–water partition coefficient (Wildman–Crippen LogP) is 20.0. The monoisotopic (exact) mass is 1860 g/mol. The molecule has 17 aromatic rings. The average Bonchev–Trinajstić information content (AvgIpc) is 1.63. The number of aromatic hydroxyl groups is 1. The fourth-order valence-electron chi connectivity index (χ4n) is 17.5. The maximum Gasteiger partial charge on any atom is 0.268 e. The summed E-state index contributed by atoms with van der Waals surface area (Å²) in [5.41, 5.74) is 73.0. The molecule has 0 aliphatic carbocycles. The molecule has 25 N–H and O–H groups in total. The lowest BCUT2D eigenvalue weighted by atomic mass is 9.95. The van der Waals surface area contributed by atoms with E-state index in [1.807, 2.05) is 152 Å². The number of nitrogens with one attached hydrogen (secondary N) is 8. The minimum Gasteiger partial charge on any atom is -0.508 e. The molecule has 4 heterocycles. The molecule has 0 aliphatic rings. The van der Waals surface area contributed by atoms with Gasteiger partial charge < -0.3 is 96.9 Å². The van der Waals surface area contributed by atoms with Crippen LogP contribution in [0.2, 0.25) is 0 Å². The number of amides is 4. The number of hydrogen-bond donors (Lipinski definition) is 17. The van der Waals surface area contributed by atoms with Crippen molar-refractivity contribution in [3.05, 3.63) is 359 Å². The van der Waals surface area contributed by atoms with Crippen molar-refractivity contribution >= 4 is 67.2 Å². The zero-order valence-corrected chi connectivity index (χ0v) is 79.0. The lowest BCUT2D eigenvalue weighted by Crippen LogP contribution is -2.37. The van der Waals surface area contributed by atoms with E-state index in [1.54, 1.807) is 42.5 Å². The van der Waals surface area contributed by atoms with Crippen molar-refractivity contribution in [2.75, 3.05) is 52.4 Å². The summed E-state index contributed by atoms with van der Waals surface area (Å²) >= 11 is 0. The second-order valence-corrected chi connectivity index (χ2v) is 35.5. The van der Waals surface area contributed by atoms with Crippen LogP contribution in [0.4, 0.5) is 8.78 Å². The number of phenols is 1. The summed E-state index contributed by atoms with van der Waals surface area (Å²) in [6, 6.07) is 94.1. The van der Waals surface area contributed by atoms with E-state index in [1.165, 1.54) is 41.0 Å². The Morgan fingerprint density at radius 2 is 0.590 bits per heavy atom. The highest BCUT2D eigenvalue weighted by Crippen LogP contribution is 2.42. The fourth-order valence-corrected chi connectivity index (χ4v) is 17.5. The predicted molar refractivity (Wildman–Crippen MR) is 562 cm³/mol. The molecule has 0 spiro atoms. The van der Waals surface area contributed by atoms with Gasteiger partial charge in [0.25, 0.3) is 23.6 Å². The van der Waals surface area contributed by atoms with Gasteiger partial charge in [0.05, 0.1) is 0 Å². The molecule has 714 valence electrons. The van der Waals surface area contributed by atoms with Crippen LogP contribution in [-0.4, -0.2) is 125 Å². The molecule has 139 heavy (non-hydrogen) atoms. The van der Waals surface area contributed by atoms with Gasteiger partial charge in [0.2, 0.25) is 0 Å². The summed E-state index contributed by atoms with van der Waals surface area (Å²) < 4.78 is 33.0. The van der Waals surface area contributed by atoms with Gasteiger partial charge in [0.1, 0.15) is 52.5 Å². The number of carbonyl (C=O) groups is 4. The van der Waals surface area contributed by atoms with Crippen molar-refractivity contribution in [3.8, 4) is 101 Å². The first kappa shape index (κ1) is 100.0. The maximum absolute atomic E-state index is 13.6. The zero-order chi connectivity index (χ0) is 98.0. The Morgan fingerprint density at radius 1 is 0.302 bits per heavy atom. The number of hydrogen-bond acceptors (Lipinski definition) is 14. The molecule has 22 nitrogen and oxygen atoms in total. The highest BCUT2D eigenvalue weighted by molar-refractivity contribution is 6.14. The number of fused-ring (bicyclic) bond motifs is 4. The van der Waals surface area contributed by atoms with Crippen LogP contribution in [0.3, 0.4) is 0 Å². The summed E-state index contributed by atoms with van der Waals surface area (Å²) in [6.07, 6.45) is 6.32. The van der Waals surface area contributed by atoms with Gasteiger partial charge in [-0.25, -0.2) is 8.78 Å². The largest absolute Gasteiger partial charge is 0.508 e. The van der Waals surface area contributed by atoms with E-state index in [0.717, 1.165) is 184 Å². The van der Waals surface area contributed by atoms with E-state index < -0.39 is 0 Å². The first-order valence-corrected chi connectivity index (χ1v) is 47.3. The molecule has 0 bridgehead atoms. The molecule has 4 amide bonds. The zero-order valence-electron chi connectivity index (χ0n) is 79.0. The number of H-pyrrole nitrogens is 4. The smallest absolute Gasteiger partial charge is 0.268 e. The van der Waals surface area contributed by atoms with Crippen LogP contribution in [0.15, 0.2) is 297 Å². The molecule has 13 aromatic carbocycles. The molecule has 4 aromatic heterocycles. The topological polar surface area (TPSA) is 417 Å². The third-order valence-corrected chi connectivity index (χ3v) is 24.4. The van der Waals surface area contributed by atoms with Crippen LogP contribution in [0, 0.1) is 39.3 Å². The summed E-state index contributed by atoms with van der Waals surface area (Å²) in [7, 11) is 0. The number of aryl methyl sites for hydroxylation is 4. The van der Waals surface area contributed by atoms with Gasteiger partial charge in [0, 0.05) is 116 Å². The van der Waals surface area contributed by atoms with Crippen molar-refractivity contribution in [1.82, 2.24) is 41.2 Å². The Kier molecular flexibility index (Phi) is 34.7. The number of halogens is 2. The van der Waals surface area contributed by atoms with E-state index in [9.17, 15) is 33.1 Å². The number of rotatable bonds is 35. The second kappa shape index (κ2) is 48.2. The first-order valence-electron chi connectivity index (χ1n) is 47.3. The Hall–Kier alpha value is -15.0. The van der Waals surface area contributed by atoms with Gasteiger partial charge in [-0.3, -0.25) is 19.2 Å². The third kappa shape index (κ3) is 26.3. The van der Waals surface area contributed by atoms with Crippen molar-refractivity contribution in [1.29, 1.82) is 0 Å². The number of aromatic amines is 4. The van der Waals surface area contributed by atoms with E-state index in [4.69, 9.17) is 50.6 Å². The lowest BCUT2D eigenvalue weighted by molar-refractivity contribution is 0.0939. The minimum absolute atomic E-state index is 0.103. The van der Waals surface area contributed by atoms with Crippen molar-refractivity contribution < 1.29 is 37.8 Å². The van der Waals surface area contributed by atoms with Crippen molar-refractivity contribution in [2.45, 2.75) is 110 Å². The number of benzene rings is 13. The van der Waals surface area contributed by atoms with Crippen LogP contribution < -0.4 is 71.9 Å². The van der Waals surface area contributed by atoms with Gasteiger partial charge in [-0.15, -0.1) is 0 Å². The van der Waals surface area contributed by atoms with E-state index in [-0.39, 0.29) is 65.2 Å². The standard InChI is InChI=1S/C33H33FN4O2.C30H36N4O.C26H27FN4O2.C26H28N4O/c34-26-14-11-23(12-15-26)24-13-16-30-29(19-24)31(32(38-30)33(39)37-20-27(36)9-5-17-35)25-8-4-10-28(18-25)40-21-22-6-2-1-3-7-22;1-18-10-19(2)13-23(12-18)22-7-8-27-26(16-22)28(24-14-20(3)11-21(4)15-24)29(34-27)30(35)33-17-25(32)6-5-9-31;27-19-9-6-16(7-10-19)17-8-11-23-22(14-17)24(18-3-1-5-21(32)13-18)25(31-23)26(33)30-15-20(29)4-2-12-28;27-15-7-12-21(28)17-29-26(31)25-24(19-10-5-2-6-11-19)22-16-20(13-14-23(22)30-25)18-8-3-1-4-9-18/h1-4,6-8,10-16,18-19,27,38H,5,9,17,20-21,35-36H2,(H,37,39);7-8,10-16,25,34H,5-6,9,17,31-32H2,1-4H3,(H,33,35);1,3,5-11,13-14,20,31-32H,2,4,12,15,28-29H2,(H,30,33);1-6,8-11,13-14,16,21,30H,7,12,15,17,27-28H2,(H,29,31)/t27-;25-;20-;21-/m0000/s1. The molecule has 4 atom stereocenters.